The summed E-state index contributed by atoms with van der Waals surface area (Å²) in [5.41, 5.74) is 0.995. The van der Waals surface area contributed by atoms with Gasteiger partial charge in [0.1, 0.15) is 0 Å². The van der Waals surface area contributed by atoms with Crippen LogP contribution < -0.4 is 0 Å². The molecule has 0 aliphatic heterocycles. The Bertz CT molecular complexity index is 477. The van der Waals surface area contributed by atoms with Crippen LogP contribution in [0.25, 0.3) is 0 Å². The molecule has 2 rings (SSSR count). The van der Waals surface area contributed by atoms with Gasteiger partial charge in [0.25, 0.3) is 0 Å². The fraction of sp³-hybridized carbons (Fsp3) is 0.385. The first-order chi connectivity index (χ1) is 8.19. The Labute approximate surface area is 110 Å². The van der Waals surface area contributed by atoms with Crippen molar-refractivity contribution in [1.29, 1.82) is 0 Å². The van der Waals surface area contributed by atoms with Gasteiger partial charge < -0.3 is 9.67 Å². The predicted molar refractivity (Wildman–Crippen MR) is 72.7 cm³/mol. The lowest BCUT2D eigenvalue weighted by Crippen LogP contribution is -1.96. The number of halogens is 1. The van der Waals surface area contributed by atoms with Gasteiger partial charge in [-0.1, -0.05) is 24.9 Å². The number of aliphatic hydroxyl groups is 1. The molecule has 0 spiro atoms. The summed E-state index contributed by atoms with van der Waals surface area (Å²) in [6.07, 6.45) is 5.48. The molecular weight excluding hydrogens is 254 g/mol. The summed E-state index contributed by atoms with van der Waals surface area (Å²) < 4.78 is 2.90. The van der Waals surface area contributed by atoms with Gasteiger partial charge in [-0.15, -0.1) is 11.3 Å². The molecule has 1 N–H and O–H groups in total. The average Bonchev–Trinajstić information content (AvgIpc) is 2.89. The normalized spacial score (nSPS) is 12.9. The molecule has 4 heteroatoms. The third kappa shape index (κ3) is 3.35. The van der Waals surface area contributed by atoms with Crippen LogP contribution >= 0.6 is 22.9 Å². The Morgan fingerprint density at radius 3 is 2.88 bits per heavy atom. The monoisotopic (exact) mass is 269 g/mol. The number of aromatic nitrogens is 1. The Kier molecular flexibility index (Phi) is 4.26. The molecule has 0 fully saturated rings. The Balaban J connectivity index is 2.03. The molecule has 0 bridgehead atoms. The Morgan fingerprint density at radius 1 is 1.41 bits per heavy atom. The summed E-state index contributed by atoms with van der Waals surface area (Å²) in [7, 11) is 0. The highest BCUT2D eigenvalue weighted by Gasteiger charge is 2.08. The second-order valence-corrected chi connectivity index (χ2v) is 5.93. The van der Waals surface area contributed by atoms with Crippen molar-refractivity contribution in [2.45, 2.75) is 32.4 Å². The van der Waals surface area contributed by atoms with Crippen LogP contribution in [0.5, 0.6) is 0 Å². The first kappa shape index (κ1) is 12.7. The fourth-order valence-electron chi connectivity index (χ4n) is 1.81. The highest BCUT2D eigenvalue weighted by atomic mass is 35.5. The lowest BCUT2D eigenvalue weighted by atomic mass is 10.1. The van der Waals surface area contributed by atoms with Crippen molar-refractivity contribution < 1.29 is 5.11 Å². The van der Waals surface area contributed by atoms with E-state index in [4.69, 9.17) is 11.6 Å². The number of thiophene rings is 1. The predicted octanol–water partition coefficient (Wildman–Crippen LogP) is 4.08. The molecule has 0 radical (unpaired) electrons. The van der Waals surface area contributed by atoms with E-state index in [9.17, 15) is 5.11 Å². The van der Waals surface area contributed by atoms with Gasteiger partial charge in [-0.05, 0) is 30.2 Å². The van der Waals surface area contributed by atoms with E-state index in [2.05, 4.69) is 11.5 Å². The van der Waals surface area contributed by atoms with Crippen molar-refractivity contribution in [1.82, 2.24) is 4.57 Å². The molecule has 0 saturated carbocycles. The van der Waals surface area contributed by atoms with Crippen LogP contribution in [0.15, 0.2) is 30.6 Å². The van der Waals surface area contributed by atoms with Gasteiger partial charge in [0.15, 0.2) is 0 Å². The van der Waals surface area contributed by atoms with Crippen molar-refractivity contribution in [3.05, 3.63) is 45.4 Å². The lowest BCUT2D eigenvalue weighted by Gasteiger charge is -2.06. The van der Waals surface area contributed by atoms with Crippen molar-refractivity contribution in [3.8, 4) is 0 Å². The number of rotatable bonds is 5. The van der Waals surface area contributed by atoms with Crippen LogP contribution in [0, 0.1) is 0 Å². The first-order valence-corrected chi connectivity index (χ1v) is 6.96. The summed E-state index contributed by atoms with van der Waals surface area (Å²) in [6.45, 7) is 2.89. The van der Waals surface area contributed by atoms with E-state index in [1.54, 1.807) is 11.3 Å². The van der Waals surface area contributed by atoms with Gasteiger partial charge >= 0.3 is 0 Å². The number of nitrogens with zero attached hydrogens (tertiary/aromatic N) is 1. The molecule has 0 aliphatic carbocycles. The topological polar surface area (TPSA) is 25.2 Å². The second-order valence-electron chi connectivity index (χ2n) is 4.13. The number of hydrogen-bond donors (Lipinski definition) is 1. The molecule has 92 valence electrons. The molecule has 1 atom stereocenters. The zero-order chi connectivity index (χ0) is 12.3. The Hall–Kier alpha value is -0.770. The molecule has 1 unspecified atom stereocenters. The molecule has 2 aromatic rings. The third-order valence-electron chi connectivity index (χ3n) is 2.69. The van der Waals surface area contributed by atoms with E-state index in [1.807, 2.05) is 30.6 Å². The fourth-order valence-corrected chi connectivity index (χ4v) is 2.91. The van der Waals surface area contributed by atoms with E-state index in [1.165, 1.54) is 4.88 Å². The number of aliphatic hydroxyl groups excluding tert-OH is 1. The maximum absolute atomic E-state index is 9.87. The van der Waals surface area contributed by atoms with Gasteiger partial charge in [0, 0.05) is 17.3 Å². The smallest absolute Gasteiger partial charge is 0.0931 e. The molecular formula is C13H16ClNOS. The van der Waals surface area contributed by atoms with Gasteiger partial charge in [0.05, 0.1) is 17.0 Å². The zero-order valence-corrected chi connectivity index (χ0v) is 11.3. The molecule has 0 saturated heterocycles. The highest BCUT2D eigenvalue weighted by Crippen LogP contribution is 2.23. The minimum atomic E-state index is -0.340. The van der Waals surface area contributed by atoms with E-state index < -0.39 is 0 Å². The van der Waals surface area contributed by atoms with Crippen LogP contribution in [0.2, 0.25) is 4.34 Å². The SMILES string of the molecule is CCCC(O)c1ccn(Cc2ccc(Cl)s2)c1. The molecule has 2 heterocycles. The average molecular weight is 270 g/mol. The molecule has 0 aromatic carbocycles. The Morgan fingerprint density at radius 2 is 2.24 bits per heavy atom. The lowest BCUT2D eigenvalue weighted by molar-refractivity contribution is 0.166. The maximum atomic E-state index is 9.87. The quantitative estimate of drug-likeness (QED) is 0.869. The highest BCUT2D eigenvalue weighted by molar-refractivity contribution is 7.16. The van der Waals surface area contributed by atoms with Crippen LogP contribution in [-0.2, 0) is 6.54 Å². The van der Waals surface area contributed by atoms with Gasteiger partial charge in [-0.3, -0.25) is 0 Å². The number of hydrogen-bond acceptors (Lipinski definition) is 2. The van der Waals surface area contributed by atoms with E-state index >= 15 is 0 Å². The first-order valence-electron chi connectivity index (χ1n) is 5.77. The zero-order valence-electron chi connectivity index (χ0n) is 9.77. The van der Waals surface area contributed by atoms with Crippen molar-refractivity contribution in [3.63, 3.8) is 0 Å². The standard InChI is InChI=1S/C13H16ClNOS/c1-2-3-12(16)10-6-7-15(8-10)9-11-4-5-13(14)17-11/h4-8,12,16H,2-3,9H2,1H3. The van der Waals surface area contributed by atoms with Crippen molar-refractivity contribution >= 4 is 22.9 Å². The summed E-state index contributed by atoms with van der Waals surface area (Å²) >= 11 is 7.49. The van der Waals surface area contributed by atoms with Crippen LogP contribution in [0.1, 0.15) is 36.3 Å². The van der Waals surface area contributed by atoms with Gasteiger partial charge in [0.2, 0.25) is 0 Å². The molecule has 0 aliphatic rings. The summed E-state index contributed by atoms with van der Waals surface area (Å²) in [5, 5.41) is 9.87. The van der Waals surface area contributed by atoms with E-state index in [0.29, 0.717) is 0 Å². The molecule has 2 aromatic heterocycles. The van der Waals surface area contributed by atoms with Crippen molar-refractivity contribution in [2.75, 3.05) is 0 Å². The van der Waals surface area contributed by atoms with Gasteiger partial charge in [-0.2, -0.15) is 0 Å². The minimum Gasteiger partial charge on any atom is -0.388 e. The molecule has 17 heavy (non-hydrogen) atoms. The van der Waals surface area contributed by atoms with Crippen molar-refractivity contribution in [2.24, 2.45) is 0 Å². The largest absolute Gasteiger partial charge is 0.388 e. The third-order valence-corrected chi connectivity index (χ3v) is 3.90. The van der Waals surface area contributed by atoms with E-state index in [-0.39, 0.29) is 6.10 Å². The van der Waals surface area contributed by atoms with E-state index in [0.717, 1.165) is 29.3 Å². The summed E-state index contributed by atoms with van der Waals surface area (Å²) in [4.78, 5) is 1.22. The van der Waals surface area contributed by atoms with Crippen LogP contribution in [0.4, 0.5) is 0 Å². The van der Waals surface area contributed by atoms with Crippen LogP contribution in [0.3, 0.4) is 0 Å². The summed E-state index contributed by atoms with van der Waals surface area (Å²) in [6, 6.07) is 5.93. The molecule has 2 nitrogen and oxygen atoms in total. The maximum Gasteiger partial charge on any atom is 0.0931 e. The second kappa shape index (κ2) is 5.71. The van der Waals surface area contributed by atoms with Gasteiger partial charge in [-0.25, -0.2) is 0 Å². The molecule has 0 amide bonds. The van der Waals surface area contributed by atoms with Crippen LogP contribution in [-0.4, -0.2) is 9.67 Å². The summed E-state index contributed by atoms with van der Waals surface area (Å²) in [5.74, 6) is 0. The minimum absolute atomic E-state index is 0.340.